The third kappa shape index (κ3) is 6.58. The molecule has 0 radical (unpaired) electrons. The Labute approximate surface area is 175 Å². The number of carboxylic acid groups (broad SMARTS) is 1. The number of amidine groups is 1. The lowest BCUT2D eigenvalue weighted by Crippen LogP contribution is -2.21. The van der Waals surface area contributed by atoms with E-state index in [9.17, 15) is 9.90 Å². The fraction of sp³-hybridized carbons (Fsp3) is 0.143. The minimum absolute atomic E-state index is 0. The Bertz CT molecular complexity index is 869. The number of ether oxygens (including phenoxy) is 2. The van der Waals surface area contributed by atoms with Crippen molar-refractivity contribution >= 4 is 29.9 Å². The van der Waals surface area contributed by atoms with Crippen LogP contribution in [0.15, 0.2) is 67.8 Å². The summed E-state index contributed by atoms with van der Waals surface area (Å²) in [5.74, 6) is -0.204. The normalized spacial score (nSPS) is 10.8. The molecule has 0 saturated heterocycles. The van der Waals surface area contributed by atoms with Gasteiger partial charge in [-0.05, 0) is 42.0 Å². The fourth-order valence-electron chi connectivity index (χ4n) is 2.43. The maximum Gasteiger partial charge on any atom is 0.330 e. The van der Waals surface area contributed by atoms with Gasteiger partial charge in [0.2, 0.25) is 0 Å². The first-order valence-corrected chi connectivity index (χ1v) is 8.51. The number of anilines is 1. The Morgan fingerprint density at radius 3 is 2.21 bits per heavy atom. The van der Waals surface area contributed by atoms with Gasteiger partial charge in [-0.1, -0.05) is 31.4 Å². The lowest BCUT2D eigenvalue weighted by molar-refractivity contribution is -0.138. The Morgan fingerprint density at radius 2 is 1.69 bits per heavy atom. The van der Waals surface area contributed by atoms with Gasteiger partial charge in [-0.3, -0.25) is 5.41 Å². The van der Waals surface area contributed by atoms with Crippen LogP contribution in [0.4, 0.5) is 5.69 Å². The van der Waals surface area contributed by atoms with Crippen LogP contribution >= 0.6 is 12.4 Å². The molecule has 0 aromatic heterocycles. The highest BCUT2D eigenvalue weighted by atomic mass is 35.5. The summed E-state index contributed by atoms with van der Waals surface area (Å²) in [6, 6.07) is 10.6. The van der Waals surface area contributed by atoms with Crippen LogP contribution in [0.25, 0.3) is 0 Å². The van der Waals surface area contributed by atoms with Crippen LogP contribution in [0.1, 0.15) is 17.2 Å². The summed E-state index contributed by atoms with van der Waals surface area (Å²) in [4.78, 5) is 11.8. The van der Waals surface area contributed by atoms with Crippen molar-refractivity contribution < 1.29 is 19.4 Å². The number of rotatable bonds is 11. The van der Waals surface area contributed by atoms with E-state index in [1.165, 1.54) is 0 Å². The van der Waals surface area contributed by atoms with E-state index in [2.05, 4.69) is 18.5 Å². The monoisotopic (exact) mass is 417 g/mol. The summed E-state index contributed by atoms with van der Waals surface area (Å²) < 4.78 is 11.2. The number of nitrogens with one attached hydrogen (secondary N) is 2. The maximum atomic E-state index is 11.8. The first-order chi connectivity index (χ1) is 13.5. The van der Waals surface area contributed by atoms with Gasteiger partial charge in [0.25, 0.3) is 0 Å². The van der Waals surface area contributed by atoms with Crippen LogP contribution in [0.5, 0.6) is 11.5 Å². The van der Waals surface area contributed by atoms with Crippen molar-refractivity contribution in [3.63, 3.8) is 0 Å². The van der Waals surface area contributed by atoms with E-state index in [1.54, 1.807) is 54.6 Å². The second kappa shape index (κ2) is 11.4. The highest BCUT2D eigenvalue weighted by Crippen LogP contribution is 2.32. The molecule has 0 fully saturated rings. The van der Waals surface area contributed by atoms with Crippen LogP contribution in [0.2, 0.25) is 0 Å². The van der Waals surface area contributed by atoms with E-state index in [0.717, 1.165) is 0 Å². The van der Waals surface area contributed by atoms with E-state index in [4.69, 9.17) is 20.6 Å². The molecule has 7 nitrogen and oxygen atoms in total. The highest BCUT2D eigenvalue weighted by Gasteiger charge is 2.21. The molecule has 2 aromatic rings. The average Bonchev–Trinajstić information content (AvgIpc) is 2.69. The van der Waals surface area contributed by atoms with Gasteiger partial charge in [-0.25, -0.2) is 4.79 Å². The summed E-state index contributed by atoms with van der Waals surface area (Å²) in [5.41, 5.74) is 7.07. The van der Waals surface area contributed by atoms with Crippen LogP contribution < -0.4 is 20.5 Å². The van der Waals surface area contributed by atoms with Gasteiger partial charge in [0.05, 0.1) is 0 Å². The SMILES string of the molecule is C=CCOc1ccc(C(Nc2ccc(C(=N)N)cc2)C(=O)O)cc1OCC=C.Cl. The van der Waals surface area contributed by atoms with Gasteiger partial charge in [-0.2, -0.15) is 0 Å². The number of hydrogen-bond donors (Lipinski definition) is 4. The maximum absolute atomic E-state index is 11.8. The van der Waals surface area contributed by atoms with E-state index < -0.39 is 12.0 Å². The molecule has 1 atom stereocenters. The van der Waals surface area contributed by atoms with Gasteiger partial charge < -0.3 is 25.6 Å². The Hall–Kier alpha value is -3.45. The smallest absolute Gasteiger partial charge is 0.330 e. The van der Waals surface area contributed by atoms with Crippen molar-refractivity contribution in [3.05, 3.63) is 78.9 Å². The Balaban J connectivity index is 0.00000420. The highest BCUT2D eigenvalue weighted by molar-refractivity contribution is 5.95. The van der Waals surface area contributed by atoms with Crippen molar-refractivity contribution in [3.8, 4) is 11.5 Å². The number of carbonyl (C=O) groups is 1. The number of benzene rings is 2. The first kappa shape index (κ1) is 23.6. The lowest BCUT2D eigenvalue weighted by atomic mass is 10.1. The molecule has 2 rings (SSSR count). The quantitative estimate of drug-likeness (QED) is 0.251. The van der Waals surface area contributed by atoms with E-state index >= 15 is 0 Å². The van der Waals surface area contributed by atoms with Gasteiger partial charge in [0.1, 0.15) is 19.0 Å². The number of aliphatic carboxylic acids is 1. The molecule has 0 aliphatic carbocycles. The molecular formula is C21H24ClN3O4. The molecule has 5 N–H and O–H groups in total. The Morgan fingerprint density at radius 1 is 1.10 bits per heavy atom. The molecule has 0 aliphatic heterocycles. The van der Waals surface area contributed by atoms with Crippen molar-refractivity contribution in [2.75, 3.05) is 18.5 Å². The van der Waals surface area contributed by atoms with Crippen LogP contribution in [0, 0.1) is 5.41 Å². The van der Waals surface area contributed by atoms with Crippen LogP contribution in [-0.4, -0.2) is 30.1 Å². The third-order valence-electron chi connectivity index (χ3n) is 3.77. The predicted octanol–water partition coefficient (Wildman–Crippen LogP) is 3.76. The van der Waals surface area contributed by atoms with Crippen LogP contribution in [-0.2, 0) is 4.79 Å². The molecule has 0 bridgehead atoms. The second-order valence-electron chi connectivity index (χ2n) is 5.81. The topological polar surface area (TPSA) is 118 Å². The van der Waals surface area contributed by atoms with Crippen molar-refractivity contribution in [1.82, 2.24) is 0 Å². The number of nitrogens with two attached hydrogens (primary N) is 1. The van der Waals surface area contributed by atoms with Gasteiger partial charge in [-0.15, -0.1) is 12.4 Å². The summed E-state index contributed by atoms with van der Waals surface area (Å²) in [6.45, 7) is 7.78. The van der Waals surface area contributed by atoms with Gasteiger partial charge in [0, 0.05) is 11.3 Å². The minimum atomic E-state index is -1.05. The predicted molar refractivity (Wildman–Crippen MR) is 117 cm³/mol. The molecule has 0 heterocycles. The van der Waals surface area contributed by atoms with E-state index in [-0.39, 0.29) is 24.8 Å². The average molecular weight is 418 g/mol. The van der Waals surface area contributed by atoms with Crippen molar-refractivity contribution in [2.45, 2.75) is 6.04 Å². The van der Waals surface area contributed by atoms with E-state index in [0.29, 0.717) is 34.9 Å². The summed E-state index contributed by atoms with van der Waals surface area (Å²) in [5, 5.41) is 20.1. The molecule has 154 valence electrons. The zero-order chi connectivity index (χ0) is 20.5. The molecule has 29 heavy (non-hydrogen) atoms. The van der Waals surface area contributed by atoms with E-state index in [1.807, 2.05) is 0 Å². The van der Waals surface area contributed by atoms with Gasteiger partial charge in [0.15, 0.2) is 17.5 Å². The first-order valence-electron chi connectivity index (χ1n) is 8.51. The zero-order valence-electron chi connectivity index (χ0n) is 15.8. The summed E-state index contributed by atoms with van der Waals surface area (Å²) in [7, 11) is 0. The molecule has 1 unspecified atom stereocenters. The van der Waals surface area contributed by atoms with Crippen molar-refractivity contribution in [2.24, 2.45) is 5.73 Å². The minimum Gasteiger partial charge on any atom is -0.486 e. The molecule has 0 spiro atoms. The Kier molecular flexibility index (Phi) is 9.28. The lowest BCUT2D eigenvalue weighted by Gasteiger charge is -2.19. The fourth-order valence-corrected chi connectivity index (χ4v) is 2.43. The molecule has 2 aromatic carbocycles. The standard InChI is InChI=1S/C21H23N3O4.ClH/c1-3-11-27-17-10-7-15(13-18(17)28-12-4-2)19(21(25)26)24-16-8-5-14(6-9-16)20(22)23;/h3-10,13,19,24H,1-2,11-12H2,(H3,22,23)(H,25,26);1H. The van der Waals surface area contributed by atoms with Crippen LogP contribution in [0.3, 0.4) is 0 Å². The largest absolute Gasteiger partial charge is 0.486 e. The van der Waals surface area contributed by atoms with Crippen molar-refractivity contribution in [1.29, 1.82) is 5.41 Å². The molecule has 8 heteroatoms. The number of halogens is 1. The number of hydrogen-bond acceptors (Lipinski definition) is 5. The number of nitrogen functional groups attached to an aromatic ring is 1. The van der Waals surface area contributed by atoms with Gasteiger partial charge >= 0.3 is 5.97 Å². The molecule has 0 saturated carbocycles. The molecule has 0 amide bonds. The molecular weight excluding hydrogens is 394 g/mol. The second-order valence-corrected chi connectivity index (χ2v) is 5.81. The summed E-state index contributed by atoms with van der Waals surface area (Å²) in [6.07, 6.45) is 3.20. The third-order valence-corrected chi connectivity index (χ3v) is 3.77. The summed E-state index contributed by atoms with van der Waals surface area (Å²) >= 11 is 0. The zero-order valence-corrected chi connectivity index (χ0v) is 16.6. The number of carboxylic acids is 1. The molecule has 0 aliphatic rings.